The van der Waals surface area contributed by atoms with Crippen molar-refractivity contribution in [3.05, 3.63) is 75.2 Å². The number of para-hydroxylation sites is 1. The van der Waals surface area contributed by atoms with Crippen LogP contribution in [0.4, 0.5) is 4.79 Å². The summed E-state index contributed by atoms with van der Waals surface area (Å²) in [6, 6.07) is 14.4. The Morgan fingerprint density at radius 3 is 2.55 bits per heavy atom. The Morgan fingerprint density at radius 2 is 1.86 bits per heavy atom. The molecular weight excluding hydrogens is 390 g/mol. The zero-order chi connectivity index (χ0) is 20.4. The van der Waals surface area contributed by atoms with Gasteiger partial charge in [0, 0.05) is 6.54 Å². The molecule has 1 saturated heterocycles. The topological polar surface area (TPSA) is 90.3 Å². The van der Waals surface area contributed by atoms with Crippen LogP contribution < -0.4 is 15.6 Å². The van der Waals surface area contributed by atoms with E-state index < -0.39 is 0 Å². The molecular formula is C21H17N3O4S. The molecule has 0 bridgehead atoms. The molecule has 2 aromatic carbocycles. The van der Waals surface area contributed by atoms with Crippen molar-refractivity contribution in [2.24, 2.45) is 0 Å². The van der Waals surface area contributed by atoms with Crippen molar-refractivity contribution in [1.29, 1.82) is 0 Å². The maximum Gasteiger partial charge on any atom is 0.290 e. The van der Waals surface area contributed by atoms with Gasteiger partial charge in [-0.25, -0.2) is 4.98 Å². The molecule has 2 amide bonds. The normalized spacial score (nSPS) is 15.1. The predicted molar refractivity (Wildman–Crippen MR) is 112 cm³/mol. The summed E-state index contributed by atoms with van der Waals surface area (Å²) in [5.74, 6) is 0.775. The lowest BCUT2D eigenvalue weighted by Gasteiger charge is -2.13. The molecule has 146 valence electrons. The van der Waals surface area contributed by atoms with Crippen LogP contribution in [0.25, 0.3) is 17.0 Å². The number of benzene rings is 2. The van der Waals surface area contributed by atoms with Crippen molar-refractivity contribution in [1.82, 2.24) is 14.9 Å². The van der Waals surface area contributed by atoms with E-state index in [4.69, 9.17) is 4.74 Å². The van der Waals surface area contributed by atoms with Gasteiger partial charge in [-0.15, -0.1) is 0 Å². The fraction of sp³-hybridized carbons (Fsp3) is 0.143. The summed E-state index contributed by atoms with van der Waals surface area (Å²) in [5.41, 5.74) is 1.34. The standard InChI is InChI=1S/C21H17N3O4S/c1-2-24-18(22-16-6-4-3-5-15(16)20(24)26)12-28-14-9-7-13(8-10-14)11-17-19(25)23-21(27)29-17/h3-11H,2,12H2,1H3,(H,23,25,27)/b17-11-. The van der Waals surface area contributed by atoms with Crippen molar-refractivity contribution < 1.29 is 14.3 Å². The first-order valence-corrected chi connectivity index (χ1v) is 9.83. The van der Waals surface area contributed by atoms with Gasteiger partial charge in [-0.3, -0.25) is 24.3 Å². The Morgan fingerprint density at radius 1 is 1.10 bits per heavy atom. The molecule has 29 heavy (non-hydrogen) atoms. The van der Waals surface area contributed by atoms with Crippen LogP contribution in [0.15, 0.2) is 58.2 Å². The zero-order valence-electron chi connectivity index (χ0n) is 15.5. The van der Waals surface area contributed by atoms with Crippen molar-refractivity contribution in [3.63, 3.8) is 0 Å². The molecule has 1 aliphatic heterocycles. The van der Waals surface area contributed by atoms with E-state index in [2.05, 4.69) is 10.3 Å². The molecule has 1 fully saturated rings. The molecule has 0 unspecified atom stereocenters. The number of carbonyl (C=O) groups excluding carboxylic acids is 2. The smallest absolute Gasteiger partial charge is 0.290 e. The minimum absolute atomic E-state index is 0.0828. The number of ether oxygens (including phenoxy) is 1. The van der Waals surface area contributed by atoms with E-state index in [1.807, 2.05) is 25.1 Å². The quantitative estimate of drug-likeness (QED) is 0.653. The zero-order valence-corrected chi connectivity index (χ0v) is 16.4. The van der Waals surface area contributed by atoms with E-state index in [-0.39, 0.29) is 23.3 Å². The average molecular weight is 407 g/mol. The van der Waals surface area contributed by atoms with Crippen molar-refractivity contribution in [2.75, 3.05) is 0 Å². The summed E-state index contributed by atoms with van der Waals surface area (Å²) >= 11 is 0.876. The highest BCUT2D eigenvalue weighted by Crippen LogP contribution is 2.26. The van der Waals surface area contributed by atoms with Gasteiger partial charge < -0.3 is 4.74 Å². The average Bonchev–Trinajstić information content (AvgIpc) is 3.04. The highest BCUT2D eigenvalue weighted by molar-refractivity contribution is 8.18. The minimum atomic E-state index is -0.389. The number of thioether (sulfide) groups is 1. The number of hydrogen-bond acceptors (Lipinski definition) is 6. The van der Waals surface area contributed by atoms with Gasteiger partial charge >= 0.3 is 0 Å². The molecule has 1 aliphatic rings. The van der Waals surface area contributed by atoms with Crippen LogP contribution in [0, 0.1) is 0 Å². The fourth-order valence-electron chi connectivity index (χ4n) is 3.03. The number of nitrogens with one attached hydrogen (secondary N) is 1. The third kappa shape index (κ3) is 3.93. The molecule has 0 spiro atoms. The second-order valence-corrected chi connectivity index (χ2v) is 7.32. The van der Waals surface area contributed by atoms with Gasteiger partial charge in [0.15, 0.2) is 0 Å². The Kier molecular flexibility index (Phi) is 5.18. The van der Waals surface area contributed by atoms with Crippen molar-refractivity contribution in [3.8, 4) is 5.75 Å². The Balaban J connectivity index is 1.52. The lowest BCUT2D eigenvalue weighted by molar-refractivity contribution is -0.115. The Bertz CT molecular complexity index is 1200. The Hall–Kier alpha value is -3.39. The molecule has 1 aromatic heterocycles. The molecule has 3 aromatic rings. The second kappa shape index (κ2) is 7.92. The third-order valence-electron chi connectivity index (χ3n) is 4.44. The first kappa shape index (κ1) is 18.9. The largest absolute Gasteiger partial charge is 0.486 e. The molecule has 0 aliphatic carbocycles. The second-order valence-electron chi connectivity index (χ2n) is 6.30. The van der Waals surface area contributed by atoms with Crippen LogP contribution >= 0.6 is 11.8 Å². The van der Waals surface area contributed by atoms with Crippen LogP contribution in [-0.4, -0.2) is 20.7 Å². The first-order chi connectivity index (χ1) is 14.0. The summed E-state index contributed by atoms with van der Waals surface area (Å²) in [4.78, 5) is 40.4. The van der Waals surface area contributed by atoms with E-state index in [0.29, 0.717) is 33.9 Å². The van der Waals surface area contributed by atoms with Crippen LogP contribution in [0.3, 0.4) is 0 Å². The van der Waals surface area contributed by atoms with Gasteiger partial charge in [0.05, 0.1) is 15.8 Å². The first-order valence-electron chi connectivity index (χ1n) is 9.01. The SMILES string of the molecule is CCn1c(COc2ccc(/C=C3\SC(=O)NC3=O)cc2)nc2ccccc2c1=O. The molecule has 0 atom stereocenters. The Labute approximate surface area is 170 Å². The number of imide groups is 1. The van der Waals surface area contributed by atoms with Crippen LogP contribution in [0.1, 0.15) is 18.3 Å². The molecule has 7 nitrogen and oxygen atoms in total. The highest BCUT2D eigenvalue weighted by Gasteiger charge is 2.24. The van der Waals surface area contributed by atoms with Crippen molar-refractivity contribution in [2.45, 2.75) is 20.1 Å². The number of amides is 2. The fourth-order valence-corrected chi connectivity index (χ4v) is 3.71. The molecule has 0 saturated carbocycles. The summed E-state index contributed by atoms with van der Waals surface area (Å²) < 4.78 is 7.43. The maximum absolute atomic E-state index is 12.7. The minimum Gasteiger partial charge on any atom is -0.486 e. The number of hydrogen-bond donors (Lipinski definition) is 1. The van der Waals surface area contributed by atoms with E-state index >= 15 is 0 Å². The monoisotopic (exact) mass is 407 g/mol. The van der Waals surface area contributed by atoms with E-state index in [0.717, 1.165) is 17.3 Å². The van der Waals surface area contributed by atoms with Gasteiger partial charge in [0.2, 0.25) is 0 Å². The number of nitrogens with zero attached hydrogens (tertiary/aromatic N) is 2. The van der Waals surface area contributed by atoms with Crippen molar-refractivity contribution >= 4 is 39.9 Å². The summed E-state index contributed by atoms with van der Waals surface area (Å²) in [6.07, 6.45) is 1.65. The van der Waals surface area contributed by atoms with Crippen LogP contribution in [0.2, 0.25) is 0 Å². The van der Waals surface area contributed by atoms with E-state index in [9.17, 15) is 14.4 Å². The number of aromatic nitrogens is 2. The summed E-state index contributed by atoms with van der Waals surface area (Å²) in [5, 5.41) is 2.44. The lowest BCUT2D eigenvalue weighted by atomic mass is 10.2. The maximum atomic E-state index is 12.7. The van der Waals surface area contributed by atoms with E-state index in [1.54, 1.807) is 41.0 Å². The van der Waals surface area contributed by atoms with Gasteiger partial charge in [0.25, 0.3) is 16.7 Å². The molecule has 4 rings (SSSR count). The molecule has 2 heterocycles. The van der Waals surface area contributed by atoms with Gasteiger partial charge in [-0.2, -0.15) is 0 Å². The number of fused-ring (bicyclic) bond motifs is 1. The number of carbonyl (C=O) groups is 2. The lowest BCUT2D eigenvalue weighted by Crippen LogP contribution is -2.25. The summed E-state index contributed by atoms with van der Waals surface area (Å²) in [6.45, 7) is 2.55. The van der Waals surface area contributed by atoms with Crippen LogP contribution in [0.5, 0.6) is 5.75 Å². The molecule has 1 N–H and O–H groups in total. The van der Waals surface area contributed by atoms with Gasteiger partial charge in [0.1, 0.15) is 18.2 Å². The molecule has 0 radical (unpaired) electrons. The highest BCUT2D eigenvalue weighted by atomic mass is 32.2. The third-order valence-corrected chi connectivity index (χ3v) is 5.26. The van der Waals surface area contributed by atoms with E-state index in [1.165, 1.54) is 0 Å². The summed E-state index contributed by atoms with van der Waals surface area (Å²) in [7, 11) is 0. The predicted octanol–water partition coefficient (Wildman–Crippen LogP) is 3.32. The van der Waals surface area contributed by atoms with Gasteiger partial charge in [-0.05, 0) is 54.6 Å². The number of rotatable bonds is 5. The molecule has 8 heteroatoms. The van der Waals surface area contributed by atoms with Gasteiger partial charge in [-0.1, -0.05) is 24.3 Å². The van der Waals surface area contributed by atoms with Crippen LogP contribution in [-0.2, 0) is 17.9 Å².